The van der Waals surface area contributed by atoms with Crippen LogP contribution < -0.4 is 5.32 Å². The number of carbonyl (C=O) groups excluding carboxylic acids is 1. The van der Waals surface area contributed by atoms with Crippen molar-refractivity contribution in [1.29, 1.82) is 0 Å². The maximum Gasteiger partial charge on any atom is 0.217 e. The zero-order valence-corrected chi connectivity index (χ0v) is 11.8. The zero-order chi connectivity index (χ0) is 14.0. The number of thiazole rings is 1. The maximum atomic E-state index is 13.7. The third-order valence-corrected chi connectivity index (χ3v) is 4.12. The van der Waals surface area contributed by atoms with E-state index in [0.717, 1.165) is 10.6 Å². The second kappa shape index (κ2) is 5.48. The first kappa shape index (κ1) is 13.7. The summed E-state index contributed by atoms with van der Waals surface area (Å²) in [5.74, 6) is -0.372. The number of carbonyl (C=O) groups is 1. The van der Waals surface area contributed by atoms with Gasteiger partial charge >= 0.3 is 0 Å². The van der Waals surface area contributed by atoms with Crippen LogP contribution in [0.5, 0.6) is 0 Å². The van der Waals surface area contributed by atoms with E-state index in [-0.39, 0.29) is 17.8 Å². The van der Waals surface area contributed by atoms with Gasteiger partial charge in [0.05, 0.1) is 16.6 Å². The van der Waals surface area contributed by atoms with Gasteiger partial charge in [0, 0.05) is 12.5 Å². The van der Waals surface area contributed by atoms with Crippen LogP contribution in [0.4, 0.5) is 4.39 Å². The number of benzene rings is 1. The number of aryl methyl sites for hydroxylation is 1. The molecule has 1 aromatic heterocycles. The van der Waals surface area contributed by atoms with Gasteiger partial charge in [-0.1, -0.05) is 12.1 Å². The fraction of sp³-hybridized carbons (Fsp3) is 0.286. The van der Waals surface area contributed by atoms with Gasteiger partial charge in [0.1, 0.15) is 10.8 Å². The second-order valence-corrected chi connectivity index (χ2v) is 5.40. The van der Waals surface area contributed by atoms with E-state index in [0.29, 0.717) is 10.6 Å². The van der Waals surface area contributed by atoms with Crippen molar-refractivity contribution in [1.82, 2.24) is 10.3 Å². The first-order valence-electron chi connectivity index (χ1n) is 5.98. The summed E-state index contributed by atoms with van der Waals surface area (Å²) in [7, 11) is 0. The number of amides is 1. The Kier molecular flexibility index (Phi) is 3.95. The Morgan fingerprint density at radius 3 is 2.74 bits per heavy atom. The highest BCUT2D eigenvalue weighted by atomic mass is 32.1. The summed E-state index contributed by atoms with van der Waals surface area (Å²) in [5.41, 5.74) is 1.32. The van der Waals surface area contributed by atoms with Crippen molar-refractivity contribution in [2.75, 3.05) is 0 Å². The van der Waals surface area contributed by atoms with Gasteiger partial charge in [-0.05, 0) is 26.0 Å². The Bertz CT molecular complexity index is 609. The van der Waals surface area contributed by atoms with E-state index in [9.17, 15) is 9.18 Å². The molecular weight excluding hydrogens is 263 g/mol. The van der Waals surface area contributed by atoms with Gasteiger partial charge in [-0.15, -0.1) is 11.3 Å². The predicted octanol–water partition coefficient (Wildman–Crippen LogP) is 3.45. The van der Waals surface area contributed by atoms with Crippen molar-refractivity contribution in [3.8, 4) is 10.6 Å². The van der Waals surface area contributed by atoms with Gasteiger partial charge < -0.3 is 5.32 Å². The average molecular weight is 278 g/mol. The monoisotopic (exact) mass is 278 g/mol. The van der Waals surface area contributed by atoms with Gasteiger partial charge in [-0.2, -0.15) is 0 Å². The summed E-state index contributed by atoms with van der Waals surface area (Å²) in [6, 6.07) is 6.45. The molecule has 3 nitrogen and oxygen atoms in total. The van der Waals surface area contributed by atoms with Gasteiger partial charge in [0.2, 0.25) is 5.91 Å². The lowest BCUT2D eigenvalue weighted by Gasteiger charge is -2.10. The van der Waals surface area contributed by atoms with E-state index in [1.54, 1.807) is 18.2 Å². The van der Waals surface area contributed by atoms with Crippen molar-refractivity contribution in [3.05, 3.63) is 40.7 Å². The van der Waals surface area contributed by atoms with Crippen LogP contribution in [0.1, 0.15) is 30.5 Å². The smallest absolute Gasteiger partial charge is 0.217 e. The second-order valence-electron chi connectivity index (χ2n) is 4.37. The molecule has 1 atom stereocenters. The molecule has 1 amide bonds. The Morgan fingerprint density at radius 1 is 1.42 bits per heavy atom. The lowest BCUT2D eigenvalue weighted by molar-refractivity contribution is -0.119. The lowest BCUT2D eigenvalue weighted by atomic mass is 10.2. The normalized spacial score (nSPS) is 12.2. The topological polar surface area (TPSA) is 42.0 Å². The minimum absolute atomic E-state index is 0.0901. The molecule has 0 fully saturated rings. The van der Waals surface area contributed by atoms with Crippen molar-refractivity contribution in [2.24, 2.45) is 0 Å². The van der Waals surface area contributed by atoms with Crippen molar-refractivity contribution in [3.63, 3.8) is 0 Å². The van der Waals surface area contributed by atoms with Crippen molar-refractivity contribution < 1.29 is 9.18 Å². The van der Waals surface area contributed by atoms with Crippen molar-refractivity contribution >= 4 is 17.2 Å². The largest absolute Gasteiger partial charge is 0.349 e. The van der Waals surface area contributed by atoms with Crippen molar-refractivity contribution in [2.45, 2.75) is 26.8 Å². The number of halogens is 1. The fourth-order valence-electron chi connectivity index (χ4n) is 1.93. The number of nitrogens with zero attached hydrogens (tertiary/aromatic N) is 1. The van der Waals surface area contributed by atoms with E-state index in [4.69, 9.17) is 0 Å². The molecule has 1 heterocycles. The molecule has 0 bridgehead atoms. The summed E-state index contributed by atoms with van der Waals surface area (Å²) < 4.78 is 13.7. The average Bonchev–Trinajstić information content (AvgIpc) is 2.71. The van der Waals surface area contributed by atoms with Gasteiger partial charge in [0.15, 0.2) is 0 Å². The number of hydrogen-bond donors (Lipinski definition) is 1. The first-order chi connectivity index (χ1) is 8.99. The molecule has 0 radical (unpaired) electrons. The van der Waals surface area contributed by atoms with Crippen LogP contribution in [0.2, 0.25) is 0 Å². The van der Waals surface area contributed by atoms with E-state index in [1.165, 1.54) is 24.3 Å². The molecule has 0 aliphatic carbocycles. The summed E-state index contributed by atoms with van der Waals surface area (Å²) >= 11 is 1.41. The van der Waals surface area contributed by atoms with Crippen LogP contribution in [-0.2, 0) is 4.79 Å². The molecule has 5 heteroatoms. The molecule has 19 heavy (non-hydrogen) atoms. The van der Waals surface area contributed by atoms with Crippen LogP contribution >= 0.6 is 11.3 Å². The van der Waals surface area contributed by atoms with E-state index >= 15 is 0 Å². The Morgan fingerprint density at radius 2 is 2.11 bits per heavy atom. The van der Waals surface area contributed by atoms with Gasteiger partial charge in [-0.25, -0.2) is 9.37 Å². The number of nitrogens with one attached hydrogen (secondary N) is 1. The summed E-state index contributed by atoms with van der Waals surface area (Å²) in [6.45, 7) is 5.24. The molecule has 0 spiro atoms. The molecule has 1 aromatic carbocycles. The number of aromatic nitrogens is 1. The van der Waals surface area contributed by atoms with Crippen LogP contribution in [0.15, 0.2) is 24.3 Å². The standard InChI is InChI=1S/C14H15FN2OS/c1-8(16-10(3)18)13-9(2)17-14(19-13)11-6-4-5-7-12(11)15/h4-8H,1-3H3,(H,16,18)/t8-/m0/s1. The highest BCUT2D eigenvalue weighted by Gasteiger charge is 2.17. The number of rotatable bonds is 3. The van der Waals surface area contributed by atoms with E-state index in [1.807, 2.05) is 13.8 Å². The minimum atomic E-state index is -0.282. The van der Waals surface area contributed by atoms with Crippen LogP contribution in [0.3, 0.4) is 0 Å². The molecule has 0 aliphatic heterocycles. The third kappa shape index (κ3) is 2.98. The highest BCUT2D eigenvalue weighted by Crippen LogP contribution is 2.32. The lowest BCUT2D eigenvalue weighted by Crippen LogP contribution is -2.23. The Hall–Kier alpha value is -1.75. The molecule has 0 saturated carbocycles. The van der Waals surface area contributed by atoms with E-state index < -0.39 is 0 Å². The van der Waals surface area contributed by atoms with Crippen LogP contribution in [-0.4, -0.2) is 10.9 Å². The number of hydrogen-bond acceptors (Lipinski definition) is 3. The molecule has 1 N–H and O–H groups in total. The Labute approximate surface area is 115 Å². The Balaban J connectivity index is 2.36. The third-order valence-electron chi connectivity index (χ3n) is 2.75. The first-order valence-corrected chi connectivity index (χ1v) is 6.80. The van der Waals surface area contributed by atoms with Gasteiger partial charge in [0.25, 0.3) is 0 Å². The molecule has 100 valence electrons. The fourth-order valence-corrected chi connectivity index (χ4v) is 3.03. The quantitative estimate of drug-likeness (QED) is 0.934. The minimum Gasteiger partial charge on any atom is -0.349 e. The SMILES string of the molecule is CC(=O)N[C@@H](C)c1sc(-c2ccccc2F)nc1C. The molecule has 2 rings (SSSR count). The molecule has 0 saturated heterocycles. The summed E-state index contributed by atoms with van der Waals surface area (Å²) in [6.07, 6.45) is 0. The maximum absolute atomic E-state index is 13.7. The molecular formula is C14H15FN2OS. The van der Waals surface area contributed by atoms with E-state index in [2.05, 4.69) is 10.3 Å². The molecule has 0 aliphatic rings. The summed E-state index contributed by atoms with van der Waals surface area (Å²) in [4.78, 5) is 16.4. The van der Waals surface area contributed by atoms with Crippen LogP contribution in [0.25, 0.3) is 10.6 Å². The predicted molar refractivity (Wildman–Crippen MR) is 74.5 cm³/mol. The molecule has 0 unspecified atom stereocenters. The zero-order valence-electron chi connectivity index (χ0n) is 11.0. The van der Waals surface area contributed by atoms with Crippen LogP contribution in [0, 0.1) is 12.7 Å². The molecule has 2 aromatic rings. The van der Waals surface area contributed by atoms with Gasteiger partial charge in [-0.3, -0.25) is 4.79 Å². The summed E-state index contributed by atoms with van der Waals surface area (Å²) in [5, 5.41) is 3.46. The highest BCUT2D eigenvalue weighted by molar-refractivity contribution is 7.15.